The summed E-state index contributed by atoms with van der Waals surface area (Å²) in [6.45, 7) is 4.95. The third-order valence-electron chi connectivity index (χ3n) is 3.19. The molecular formula is C18H20FNO2. The maximum Gasteiger partial charge on any atom is 0.258 e. The van der Waals surface area contributed by atoms with Gasteiger partial charge in [-0.15, -0.1) is 0 Å². The van der Waals surface area contributed by atoms with E-state index in [0.717, 1.165) is 12.2 Å². The molecular weight excluding hydrogens is 281 g/mol. The lowest BCUT2D eigenvalue weighted by molar-refractivity contribution is 0.102. The number of nitrogens with one attached hydrogen (secondary N) is 1. The zero-order chi connectivity index (χ0) is 15.9. The van der Waals surface area contributed by atoms with Crippen LogP contribution in [0, 0.1) is 11.7 Å². The van der Waals surface area contributed by atoms with E-state index in [1.54, 1.807) is 36.4 Å². The molecule has 22 heavy (non-hydrogen) atoms. The standard InChI is InChI=1S/C18H20FNO2/c1-13(2)11-12-22-15-9-7-14(8-10-15)20-18(21)16-5-3-4-6-17(16)19/h3-10,13H,11-12H2,1-2H3,(H,20,21). The van der Waals surface area contributed by atoms with Gasteiger partial charge in [0.15, 0.2) is 0 Å². The van der Waals surface area contributed by atoms with Crippen molar-refractivity contribution >= 4 is 11.6 Å². The third-order valence-corrected chi connectivity index (χ3v) is 3.19. The van der Waals surface area contributed by atoms with E-state index in [1.165, 1.54) is 12.1 Å². The summed E-state index contributed by atoms with van der Waals surface area (Å²) in [6, 6.07) is 13.0. The first-order chi connectivity index (χ1) is 10.6. The van der Waals surface area contributed by atoms with Gasteiger partial charge in [-0.3, -0.25) is 4.79 Å². The first-order valence-corrected chi connectivity index (χ1v) is 7.35. The van der Waals surface area contributed by atoms with Crippen molar-refractivity contribution in [2.75, 3.05) is 11.9 Å². The molecule has 0 radical (unpaired) electrons. The molecule has 2 aromatic rings. The van der Waals surface area contributed by atoms with Crippen molar-refractivity contribution in [1.82, 2.24) is 0 Å². The average molecular weight is 301 g/mol. The van der Waals surface area contributed by atoms with Crippen LogP contribution in [0.15, 0.2) is 48.5 Å². The van der Waals surface area contributed by atoms with Gasteiger partial charge in [0.2, 0.25) is 0 Å². The maximum absolute atomic E-state index is 13.5. The van der Waals surface area contributed by atoms with Gasteiger partial charge in [-0.05, 0) is 48.7 Å². The normalized spacial score (nSPS) is 10.5. The summed E-state index contributed by atoms with van der Waals surface area (Å²) in [5.74, 6) is 0.351. The maximum atomic E-state index is 13.5. The highest BCUT2D eigenvalue weighted by molar-refractivity contribution is 6.04. The first-order valence-electron chi connectivity index (χ1n) is 7.35. The highest BCUT2D eigenvalue weighted by Crippen LogP contribution is 2.17. The molecule has 0 saturated carbocycles. The molecule has 0 aliphatic heterocycles. The van der Waals surface area contributed by atoms with E-state index in [9.17, 15) is 9.18 Å². The number of halogens is 1. The fourth-order valence-corrected chi connectivity index (χ4v) is 1.89. The van der Waals surface area contributed by atoms with Crippen LogP contribution in [-0.4, -0.2) is 12.5 Å². The number of benzene rings is 2. The van der Waals surface area contributed by atoms with Gasteiger partial charge < -0.3 is 10.1 Å². The molecule has 0 saturated heterocycles. The lowest BCUT2D eigenvalue weighted by Gasteiger charge is -2.09. The molecule has 0 aliphatic carbocycles. The van der Waals surface area contributed by atoms with Crippen LogP contribution in [0.3, 0.4) is 0 Å². The van der Waals surface area contributed by atoms with E-state index in [2.05, 4.69) is 19.2 Å². The van der Waals surface area contributed by atoms with Crippen LogP contribution in [0.25, 0.3) is 0 Å². The van der Waals surface area contributed by atoms with Gasteiger partial charge in [-0.2, -0.15) is 0 Å². The van der Waals surface area contributed by atoms with E-state index in [-0.39, 0.29) is 5.56 Å². The topological polar surface area (TPSA) is 38.3 Å². The van der Waals surface area contributed by atoms with Crippen LogP contribution in [0.4, 0.5) is 10.1 Å². The summed E-state index contributed by atoms with van der Waals surface area (Å²) < 4.78 is 19.1. The van der Waals surface area contributed by atoms with Crippen LogP contribution < -0.4 is 10.1 Å². The molecule has 0 unspecified atom stereocenters. The van der Waals surface area contributed by atoms with Gasteiger partial charge in [0.25, 0.3) is 5.91 Å². The minimum atomic E-state index is -0.534. The largest absolute Gasteiger partial charge is 0.494 e. The van der Waals surface area contributed by atoms with E-state index in [0.29, 0.717) is 18.2 Å². The monoisotopic (exact) mass is 301 g/mol. The van der Waals surface area contributed by atoms with Crippen molar-refractivity contribution in [3.05, 3.63) is 59.9 Å². The van der Waals surface area contributed by atoms with Gasteiger partial charge in [0.1, 0.15) is 11.6 Å². The number of anilines is 1. The average Bonchev–Trinajstić information content (AvgIpc) is 2.49. The molecule has 3 nitrogen and oxygen atoms in total. The SMILES string of the molecule is CC(C)CCOc1ccc(NC(=O)c2ccccc2F)cc1. The lowest BCUT2D eigenvalue weighted by atomic mass is 10.1. The Hall–Kier alpha value is -2.36. The molecule has 0 fully saturated rings. The molecule has 0 heterocycles. The Labute approximate surface area is 130 Å². The molecule has 2 aromatic carbocycles. The number of amides is 1. The fraction of sp³-hybridized carbons (Fsp3) is 0.278. The Kier molecular flexibility index (Phi) is 5.53. The summed E-state index contributed by atoms with van der Waals surface area (Å²) >= 11 is 0. The Bertz CT molecular complexity index is 623. The summed E-state index contributed by atoms with van der Waals surface area (Å²) in [6.07, 6.45) is 0.992. The number of hydrogen-bond donors (Lipinski definition) is 1. The lowest BCUT2D eigenvalue weighted by Crippen LogP contribution is -2.13. The molecule has 0 aromatic heterocycles. The second-order valence-corrected chi connectivity index (χ2v) is 5.49. The van der Waals surface area contributed by atoms with E-state index < -0.39 is 11.7 Å². The molecule has 0 spiro atoms. The predicted molar refractivity (Wildman–Crippen MR) is 85.7 cm³/mol. The van der Waals surface area contributed by atoms with E-state index >= 15 is 0 Å². The molecule has 0 aliphatic rings. The Morgan fingerprint density at radius 3 is 2.45 bits per heavy atom. The second-order valence-electron chi connectivity index (χ2n) is 5.49. The van der Waals surface area contributed by atoms with Crippen LogP contribution in [0.2, 0.25) is 0 Å². The molecule has 0 atom stereocenters. The van der Waals surface area contributed by atoms with Crippen LogP contribution >= 0.6 is 0 Å². The van der Waals surface area contributed by atoms with Crippen molar-refractivity contribution < 1.29 is 13.9 Å². The summed E-state index contributed by atoms with van der Waals surface area (Å²) in [4.78, 5) is 12.0. The van der Waals surface area contributed by atoms with Gasteiger partial charge in [-0.1, -0.05) is 26.0 Å². The molecule has 4 heteroatoms. The number of hydrogen-bond acceptors (Lipinski definition) is 2. The van der Waals surface area contributed by atoms with Gasteiger partial charge in [-0.25, -0.2) is 4.39 Å². The molecule has 116 valence electrons. The molecule has 1 N–H and O–H groups in total. The highest BCUT2D eigenvalue weighted by Gasteiger charge is 2.10. The minimum absolute atomic E-state index is 0.0276. The number of rotatable bonds is 6. The second kappa shape index (κ2) is 7.59. The van der Waals surface area contributed by atoms with Crippen molar-refractivity contribution in [2.24, 2.45) is 5.92 Å². The quantitative estimate of drug-likeness (QED) is 0.853. The zero-order valence-corrected chi connectivity index (χ0v) is 12.8. The highest BCUT2D eigenvalue weighted by atomic mass is 19.1. The predicted octanol–water partition coefficient (Wildman–Crippen LogP) is 4.50. The van der Waals surface area contributed by atoms with E-state index in [1.807, 2.05) is 0 Å². The van der Waals surface area contributed by atoms with E-state index in [4.69, 9.17) is 4.74 Å². The molecule has 0 bridgehead atoms. The van der Waals surface area contributed by atoms with Crippen molar-refractivity contribution in [2.45, 2.75) is 20.3 Å². The van der Waals surface area contributed by atoms with Gasteiger partial charge in [0, 0.05) is 5.69 Å². The fourth-order valence-electron chi connectivity index (χ4n) is 1.89. The van der Waals surface area contributed by atoms with Crippen molar-refractivity contribution in [3.63, 3.8) is 0 Å². The Morgan fingerprint density at radius 2 is 1.82 bits per heavy atom. The van der Waals surface area contributed by atoms with Crippen LogP contribution in [0.1, 0.15) is 30.6 Å². The van der Waals surface area contributed by atoms with Crippen LogP contribution in [-0.2, 0) is 0 Å². The minimum Gasteiger partial charge on any atom is -0.494 e. The van der Waals surface area contributed by atoms with Gasteiger partial charge in [0.05, 0.1) is 12.2 Å². The number of ether oxygens (including phenoxy) is 1. The summed E-state index contributed by atoms with van der Waals surface area (Å²) in [5.41, 5.74) is 0.629. The Balaban J connectivity index is 1.94. The first kappa shape index (κ1) is 16.0. The van der Waals surface area contributed by atoms with Crippen molar-refractivity contribution in [1.29, 1.82) is 0 Å². The number of carbonyl (C=O) groups is 1. The zero-order valence-electron chi connectivity index (χ0n) is 12.8. The number of carbonyl (C=O) groups excluding carboxylic acids is 1. The third kappa shape index (κ3) is 4.58. The summed E-state index contributed by atoms with van der Waals surface area (Å²) in [7, 11) is 0. The van der Waals surface area contributed by atoms with Crippen molar-refractivity contribution in [3.8, 4) is 5.75 Å². The summed E-state index contributed by atoms with van der Waals surface area (Å²) in [5, 5.41) is 2.67. The van der Waals surface area contributed by atoms with Gasteiger partial charge >= 0.3 is 0 Å². The van der Waals surface area contributed by atoms with Crippen LogP contribution in [0.5, 0.6) is 5.75 Å². The molecule has 2 rings (SSSR count). The molecule has 1 amide bonds. The Morgan fingerprint density at radius 1 is 1.14 bits per heavy atom. The smallest absolute Gasteiger partial charge is 0.258 e.